The van der Waals surface area contributed by atoms with Gasteiger partial charge in [-0.3, -0.25) is 4.79 Å². The molecule has 0 spiro atoms. The van der Waals surface area contributed by atoms with Crippen molar-refractivity contribution in [2.75, 3.05) is 38.5 Å². The standard InChI is InChI=1S/C15H26N4O/c1-5-8-19(6-2)9-7-17-15(20)13-10-12(3)18-14(11-13)16-4/h10-11H,5-9H2,1-4H3,(H,16,18)(H,17,20). The van der Waals surface area contributed by atoms with E-state index in [-0.39, 0.29) is 5.91 Å². The number of carbonyl (C=O) groups excluding carboxylic acids is 1. The second kappa shape index (κ2) is 8.53. The number of likely N-dealkylation sites (N-methyl/N-ethyl adjacent to an activating group) is 1. The summed E-state index contributed by atoms with van der Waals surface area (Å²) in [5.41, 5.74) is 1.49. The van der Waals surface area contributed by atoms with Crippen LogP contribution in [0.1, 0.15) is 36.3 Å². The lowest BCUT2D eigenvalue weighted by Crippen LogP contribution is -2.35. The fourth-order valence-electron chi connectivity index (χ4n) is 2.10. The average Bonchev–Trinajstić information content (AvgIpc) is 2.45. The third kappa shape index (κ3) is 5.17. The van der Waals surface area contributed by atoms with E-state index < -0.39 is 0 Å². The van der Waals surface area contributed by atoms with Crippen LogP contribution in [-0.4, -0.2) is 49.0 Å². The average molecular weight is 278 g/mol. The number of hydrogen-bond donors (Lipinski definition) is 2. The molecule has 0 aromatic carbocycles. The molecule has 0 saturated heterocycles. The first-order valence-electron chi connectivity index (χ1n) is 7.27. The molecule has 0 aliphatic rings. The van der Waals surface area contributed by atoms with Crippen LogP contribution in [0, 0.1) is 6.92 Å². The molecule has 1 aromatic heterocycles. The molecule has 0 atom stereocenters. The normalized spacial score (nSPS) is 10.7. The first-order chi connectivity index (χ1) is 9.60. The molecule has 5 nitrogen and oxygen atoms in total. The lowest BCUT2D eigenvalue weighted by Gasteiger charge is -2.19. The number of nitrogens with zero attached hydrogens (tertiary/aromatic N) is 2. The van der Waals surface area contributed by atoms with Crippen LogP contribution in [0.2, 0.25) is 0 Å². The van der Waals surface area contributed by atoms with Crippen molar-refractivity contribution < 1.29 is 4.79 Å². The maximum Gasteiger partial charge on any atom is 0.251 e. The first-order valence-corrected chi connectivity index (χ1v) is 7.27. The number of pyridine rings is 1. The van der Waals surface area contributed by atoms with E-state index in [4.69, 9.17) is 0 Å². The molecule has 0 fully saturated rings. The summed E-state index contributed by atoms with van der Waals surface area (Å²) in [5, 5.41) is 5.93. The maximum absolute atomic E-state index is 12.1. The number of aryl methyl sites for hydroxylation is 1. The van der Waals surface area contributed by atoms with Crippen LogP contribution < -0.4 is 10.6 Å². The molecule has 0 radical (unpaired) electrons. The van der Waals surface area contributed by atoms with Crippen molar-refractivity contribution in [2.45, 2.75) is 27.2 Å². The highest BCUT2D eigenvalue weighted by atomic mass is 16.1. The largest absolute Gasteiger partial charge is 0.373 e. The molecule has 20 heavy (non-hydrogen) atoms. The van der Waals surface area contributed by atoms with Crippen LogP contribution in [0.15, 0.2) is 12.1 Å². The Morgan fingerprint density at radius 2 is 2.05 bits per heavy atom. The predicted molar refractivity (Wildman–Crippen MR) is 83.3 cm³/mol. The van der Waals surface area contributed by atoms with E-state index in [2.05, 4.69) is 34.4 Å². The molecule has 0 aliphatic carbocycles. The summed E-state index contributed by atoms with van der Waals surface area (Å²) >= 11 is 0. The number of aromatic nitrogens is 1. The Hall–Kier alpha value is -1.62. The second-order valence-electron chi connectivity index (χ2n) is 4.82. The second-order valence-corrected chi connectivity index (χ2v) is 4.82. The number of rotatable bonds is 8. The molecule has 0 unspecified atom stereocenters. The molecule has 1 aromatic rings. The monoisotopic (exact) mass is 278 g/mol. The fraction of sp³-hybridized carbons (Fsp3) is 0.600. The minimum Gasteiger partial charge on any atom is -0.373 e. The van der Waals surface area contributed by atoms with Crippen molar-refractivity contribution in [2.24, 2.45) is 0 Å². The van der Waals surface area contributed by atoms with E-state index in [1.807, 2.05) is 6.92 Å². The summed E-state index contributed by atoms with van der Waals surface area (Å²) in [6.45, 7) is 9.84. The summed E-state index contributed by atoms with van der Waals surface area (Å²) in [4.78, 5) is 18.7. The predicted octanol–water partition coefficient (Wildman–Crippen LogP) is 1.89. The van der Waals surface area contributed by atoms with E-state index in [1.165, 1.54) is 0 Å². The van der Waals surface area contributed by atoms with Crippen molar-refractivity contribution >= 4 is 11.7 Å². The molecule has 5 heteroatoms. The van der Waals surface area contributed by atoms with Crippen LogP contribution in [0.5, 0.6) is 0 Å². The van der Waals surface area contributed by atoms with Crippen LogP contribution in [0.3, 0.4) is 0 Å². The molecular formula is C15H26N4O. The molecule has 2 N–H and O–H groups in total. The number of amides is 1. The van der Waals surface area contributed by atoms with E-state index in [0.29, 0.717) is 12.1 Å². The van der Waals surface area contributed by atoms with Crippen molar-refractivity contribution in [1.82, 2.24) is 15.2 Å². The van der Waals surface area contributed by atoms with E-state index in [1.54, 1.807) is 19.2 Å². The Morgan fingerprint density at radius 1 is 1.30 bits per heavy atom. The third-order valence-corrected chi connectivity index (χ3v) is 3.17. The van der Waals surface area contributed by atoms with Gasteiger partial charge in [-0.2, -0.15) is 0 Å². The Bertz CT molecular complexity index is 434. The number of nitrogens with one attached hydrogen (secondary N) is 2. The lowest BCUT2D eigenvalue weighted by atomic mass is 10.2. The topological polar surface area (TPSA) is 57.3 Å². The van der Waals surface area contributed by atoms with Gasteiger partial charge in [-0.15, -0.1) is 0 Å². The Balaban J connectivity index is 2.52. The summed E-state index contributed by atoms with van der Waals surface area (Å²) in [6.07, 6.45) is 1.14. The zero-order valence-electron chi connectivity index (χ0n) is 13.0. The van der Waals surface area contributed by atoms with Gasteiger partial charge in [0.25, 0.3) is 5.91 Å². The number of carbonyl (C=O) groups is 1. The van der Waals surface area contributed by atoms with Gasteiger partial charge >= 0.3 is 0 Å². The zero-order valence-corrected chi connectivity index (χ0v) is 13.0. The van der Waals surface area contributed by atoms with Gasteiger partial charge in [0.2, 0.25) is 0 Å². The quantitative estimate of drug-likeness (QED) is 0.762. The van der Waals surface area contributed by atoms with Crippen LogP contribution >= 0.6 is 0 Å². The van der Waals surface area contributed by atoms with Crippen molar-refractivity contribution in [3.63, 3.8) is 0 Å². The highest BCUT2D eigenvalue weighted by Crippen LogP contribution is 2.09. The van der Waals surface area contributed by atoms with Gasteiger partial charge in [0, 0.05) is 31.4 Å². The Morgan fingerprint density at radius 3 is 2.65 bits per heavy atom. The highest BCUT2D eigenvalue weighted by Gasteiger charge is 2.08. The van der Waals surface area contributed by atoms with Crippen molar-refractivity contribution in [1.29, 1.82) is 0 Å². The van der Waals surface area contributed by atoms with Gasteiger partial charge in [-0.25, -0.2) is 4.98 Å². The maximum atomic E-state index is 12.1. The summed E-state index contributed by atoms with van der Waals surface area (Å²) in [5.74, 6) is 0.677. The summed E-state index contributed by atoms with van der Waals surface area (Å²) in [7, 11) is 1.80. The van der Waals surface area contributed by atoms with Gasteiger partial charge in [0.1, 0.15) is 5.82 Å². The molecule has 112 valence electrons. The van der Waals surface area contributed by atoms with Crippen LogP contribution in [-0.2, 0) is 0 Å². The highest BCUT2D eigenvalue weighted by molar-refractivity contribution is 5.94. The molecule has 0 aliphatic heterocycles. The van der Waals surface area contributed by atoms with Crippen LogP contribution in [0.25, 0.3) is 0 Å². The van der Waals surface area contributed by atoms with Gasteiger partial charge in [0.15, 0.2) is 0 Å². The van der Waals surface area contributed by atoms with Crippen LogP contribution in [0.4, 0.5) is 5.82 Å². The van der Waals surface area contributed by atoms with E-state index in [0.717, 1.165) is 37.6 Å². The van der Waals surface area contributed by atoms with E-state index in [9.17, 15) is 4.79 Å². The zero-order chi connectivity index (χ0) is 15.0. The minimum absolute atomic E-state index is 0.0421. The Labute approximate surface area is 121 Å². The van der Waals surface area contributed by atoms with Gasteiger partial charge in [-0.05, 0) is 38.6 Å². The number of hydrogen-bond acceptors (Lipinski definition) is 4. The fourth-order valence-corrected chi connectivity index (χ4v) is 2.10. The smallest absolute Gasteiger partial charge is 0.251 e. The van der Waals surface area contributed by atoms with Crippen molar-refractivity contribution in [3.05, 3.63) is 23.4 Å². The SMILES string of the molecule is CCCN(CC)CCNC(=O)c1cc(C)nc(NC)c1. The van der Waals surface area contributed by atoms with Crippen molar-refractivity contribution in [3.8, 4) is 0 Å². The third-order valence-electron chi connectivity index (χ3n) is 3.17. The Kier molecular flexibility index (Phi) is 7.01. The molecule has 1 rings (SSSR count). The molecule has 0 bridgehead atoms. The van der Waals surface area contributed by atoms with E-state index >= 15 is 0 Å². The molecule has 0 saturated carbocycles. The van der Waals surface area contributed by atoms with Gasteiger partial charge < -0.3 is 15.5 Å². The lowest BCUT2D eigenvalue weighted by molar-refractivity contribution is 0.0948. The molecule has 1 heterocycles. The number of anilines is 1. The minimum atomic E-state index is -0.0421. The summed E-state index contributed by atoms with van der Waals surface area (Å²) in [6, 6.07) is 3.58. The molecule has 1 amide bonds. The first kappa shape index (κ1) is 16.4. The molecular weight excluding hydrogens is 252 g/mol. The van der Waals surface area contributed by atoms with Gasteiger partial charge in [-0.1, -0.05) is 13.8 Å². The summed E-state index contributed by atoms with van der Waals surface area (Å²) < 4.78 is 0. The van der Waals surface area contributed by atoms with Gasteiger partial charge in [0.05, 0.1) is 0 Å².